The number of benzene rings is 2. The van der Waals surface area contributed by atoms with Crippen molar-refractivity contribution in [2.24, 2.45) is 0 Å². The lowest BCUT2D eigenvalue weighted by atomic mass is 10.2. The maximum Gasteiger partial charge on any atom is 0.279 e. The second kappa shape index (κ2) is 6.22. The summed E-state index contributed by atoms with van der Waals surface area (Å²) < 4.78 is 13.2. The molecule has 0 fully saturated rings. The molecule has 4 nitrogen and oxygen atoms in total. The van der Waals surface area contributed by atoms with Gasteiger partial charge < -0.3 is 5.32 Å². The molecule has 0 atom stereocenters. The van der Waals surface area contributed by atoms with E-state index in [-0.39, 0.29) is 17.3 Å². The van der Waals surface area contributed by atoms with Crippen LogP contribution in [0.4, 0.5) is 10.1 Å². The number of hydrogen-bond acceptors (Lipinski definition) is 3. The van der Waals surface area contributed by atoms with Crippen molar-refractivity contribution in [3.05, 3.63) is 76.7 Å². The highest BCUT2D eigenvalue weighted by atomic mass is 35.5. The summed E-state index contributed by atoms with van der Waals surface area (Å²) in [5.41, 5.74) is 1.12. The lowest BCUT2D eigenvalue weighted by molar-refractivity contribution is -0.138. The fourth-order valence-corrected chi connectivity index (χ4v) is 2.51. The topological polar surface area (TPSA) is 49.4 Å². The smallest absolute Gasteiger partial charge is 0.279 e. The molecule has 1 heterocycles. The minimum atomic E-state index is -0.570. The number of amides is 2. The number of nitrogens with zero attached hydrogens (tertiary/aromatic N) is 1. The number of hydrogen-bond donors (Lipinski definition) is 1. The maximum atomic E-state index is 13.2. The van der Waals surface area contributed by atoms with Gasteiger partial charge in [0.1, 0.15) is 16.5 Å². The lowest BCUT2D eigenvalue weighted by Gasteiger charge is -2.15. The van der Waals surface area contributed by atoms with Gasteiger partial charge in [0.2, 0.25) is 0 Å². The first-order valence-electron chi connectivity index (χ1n) is 6.89. The summed E-state index contributed by atoms with van der Waals surface area (Å²) in [7, 11) is 0. The minimum absolute atomic E-state index is 0.0433. The molecule has 0 aliphatic carbocycles. The van der Waals surface area contributed by atoms with Crippen LogP contribution < -0.4 is 5.32 Å². The van der Waals surface area contributed by atoms with Crippen molar-refractivity contribution < 1.29 is 14.0 Å². The third-order valence-electron chi connectivity index (χ3n) is 3.39. The van der Waals surface area contributed by atoms with E-state index < -0.39 is 17.6 Å². The molecule has 0 spiro atoms. The van der Waals surface area contributed by atoms with E-state index in [1.807, 2.05) is 30.3 Å². The van der Waals surface area contributed by atoms with Gasteiger partial charge >= 0.3 is 0 Å². The quantitative estimate of drug-likeness (QED) is 0.875. The third-order valence-corrected chi connectivity index (χ3v) is 3.74. The standard InChI is InChI=1S/C17H12ClFN2O2/c18-14-15(20-13-8-4-7-12(19)9-13)17(23)21(16(14)22)10-11-5-2-1-3-6-11/h1-9,20H,10H2. The Labute approximate surface area is 137 Å². The van der Waals surface area contributed by atoms with E-state index in [1.165, 1.54) is 18.2 Å². The summed E-state index contributed by atoms with van der Waals surface area (Å²) in [4.78, 5) is 25.7. The zero-order valence-electron chi connectivity index (χ0n) is 11.9. The van der Waals surface area contributed by atoms with Gasteiger partial charge in [-0.05, 0) is 23.8 Å². The third kappa shape index (κ3) is 3.10. The lowest BCUT2D eigenvalue weighted by Crippen LogP contribution is -2.31. The van der Waals surface area contributed by atoms with E-state index in [2.05, 4.69) is 5.32 Å². The van der Waals surface area contributed by atoms with E-state index in [0.29, 0.717) is 5.69 Å². The fourth-order valence-electron chi connectivity index (χ4n) is 2.28. The molecule has 0 saturated heterocycles. The van der Waals surface area contributed by atoms with Gasteiger partial charge in [-0.2, -0.15) is 0 Å². The molecule has 116 valence electrons. The van der Waals surface area contributed by atoms with Gasteiger partial charge in [0.25, 0.3) is 11.8 Å². The molecule has 2 aromatic rings. The molecule has 2 aromatic carbocycles. The highest BCUT2D eigenvalue weighted by Gasteiger charge is 2.37. The Kier molecular flexibility index (Phi) is 4.12. The van der Waals surface area contributed by atoms with Crippen LogP contribution in [-0.2, 0) is 16.1 Å². The molecule has 0 bridgehead atoms. The molecule has 2 amide bonds. The van der Waals surface area contributed by atoms with Crippen molar-refractivity contribution in [3.63, 3.8) is 0 Å². The molecule has 1 N–H and O–H groups in total. The van der Waals surface area contributed by atoms with E-state index in [9.17, 15) is 14.0 Å². The molecule has 0 saturated carbocycles. The molecular formula is C17H12ClFN2O2. The van der Waals surface area contributed by atoms with Crippen LogP contribution in [-0.4, -0.2) is 16.7 Å². The number of carbonyl (C=O) groups is 2. The minimum Gasteiger partial charge on any atom is -0.350 e. The number of nitrogens with one attached hydrogen (secondary N) is 1. The molecule has 0 unspecified atom stereocenters. The summed E-state index contributed by atoms with van der Waals surface area (Å²) in [6, 6.07) is 14.7. The van der Waals surface area contributed by atoms with Crippen LogP contribution in [0.3, 0.4) is 0 Å². The normalized spacial score (nSPS) is 14.6. The van der Waals surface area contributed by atoms with E-state index in [1.54, 1.807) is 6.07 Å². The van der Waals surface area contributed by atoms with Crippen LogP contribution in [0.25, 0.3) is 0 Å². The summed E-state index contributed by atoms with van der Waals surface area (Å²) in [6.45, 7) is 0.128. The van der Waals surface area contributed by atoms with Gasteiger partial charge in [-0.15, -0.1) is 0 Å². The Morgan fingerprint density at radius 3 is 2.43 bits per heavy atom. The maximum absolute atomic E-state index is 13.2. The van der Waals surface area contributed by atoms with Crippen LogP contribution in [0, 0.1) is 5.82 Å². The van der Waals surface area contributed by atoms with Crippen LogP contribution in [0.1, 0.15) is 5.56 Å². The highest BCUT2D eigenvalue weighted by molar-refractivity contribution is 6.48. The van der Waals surface area contributed by atoms with Crippen LogP contribution in [0.15, 0.2) is 65.3 Å². The van der Waals surface area contributed by atoms with Crippen molar-refractivity contribution >= 4 is 29.1 Å². The second-order valence-corrected chi connectivity index (χ2v) is 5.38. The van der Waals surface area contributed by atoms with Crippen LogP contribution in [0.2, 0.25) is 0 Å². The van der Waals surface area contributed by atoms with Gasteiger partial charge in [-0.3, -0.25) is 14.5 Å². The van der Waals surface area contributed by atoms with Gasteiger partial charge in [0.05, 0.1) is 6.54 Å². The number of imide groups is 1. The fraction of sp³-hybridized carbons (Fsp3) is 0.0588. The Morgan fingerprint density at radius 1 is 1.00 bits per heavy atom. The van der Waals surface area contributed by atoms with Gasteiger partial charge in [-0.1, -0.05) is 48.0 Å². The zero-order valence-corrected chi connectivity index (χ0v) is 12.7. The van der Waals surface area contributed by atoms with Crippen LogP contribution >= 0.6 is 11.6 Å². The highest BCUT2D eigenvalue weighted by Crippen LogP contribution is 2.27. The average molecular weight is 331 g/mol. The molecule has 3 rings (SSSR count). The van der Waals surface area contributed by atoms with Crippen LogP contribution in [0.5, 0.6) is 0 Å². The number of halogens is 2. The Balaban J connectivity index is 1.82. The number of rotatable bonds is 4. The molecule has 6 heteroatoms. The number of carbonyl (C=O) groups excluding carboxylic acids is 2. The molecule has 23 heavy (non-hydrogen) atoms. The molecule has 0 radical (unpaired) electrons. The zero-order chi connectivity index (χ0) is 16.4. The first-order chi connectivity index (χ1) is 11.1. The SMILES string of the molecule is O=C1C(Cl)=C(Nc2cccc(F)c2)C(=O)N1Cc1ccccc1. The van der Waals surface area contributed by atoms with Crippen molar-refractivity contribution in [3.8, 4) is 0 Å². The Bertz CT molecular complexity index is 805. The second-order valence-electron chi connectivity index (χ2n) is 5.01. The summed E-state index contributed by atoms with van der Waals surface area (Å²) in [5.74, 6) is -1.56. The predicted molar refractivity (Wildman–Crippen MR) is 84.9 cm³/mol. The van der Waals surface area contributed by atoms with Crippen molar-refractivity contribution in [1.82, 2.24) is 4.90 Å². The largest absolute Gasteiger partial charge is 0.350 e. The van der Waals surface area contributed by atoms with Gasteiger partial charge in [0, 0.05) is 5.69 Å². The predicted octanol–water partition coefficient (Wildman–Crippen LogP) is 3.26. The van der Waals surface area contributed by atoms with Crippen molar-refractivity contribution in [1.29, 1.82) is 0 Å². The Morgan fingerprint density at radius 2 is 1.74 bits per heavy atom. The molecule has 0 aromatic heterocycles. The van der Waals surface area contributed by atoms with E-state index in [0.717, 1.165) is 10.5 Å². The van der Waals surface area contributed by atoms with Crippen molar-refractivity contribution in [2.45, 2.75) is 6.54 Å². The first-order valence-corrected chi connectivity index (χ1v) is 7.26. The number of anilines is 1. The molecular weight excluding hydrogens is 319 g/mol. The molecule has 1 aliphatic heterocycles. The average Bonchev–Trinajstić information content (AvgIpc) is 2.74. The monoisotopic (exact) mass is 330 g/mol. The summed E-state index contributed by atoms with van der Waals surface area (Å²) in [6.07, 6.45) is 0. The van der Waals surface area contributed by atoms with E-state index >= 15 is 0 Å². The Hall–Kier alpha value is -2.66. The van der Waals surface area contributed by atoms with Crippen molar-refractivity contribution in [2.75, 3.05) is 5.32 Å². The molecule has 1 aliphatic rings. The summed E-state index contributed by atoms with van der Waals surface area (Å²) >= 11 is 5.99. The summed E-state index contributed by atoms with van der Waals surface area (Å²) in [5, 5.41) is 2.52. The van der Waals surface area contributed by atoms with Gasteiger partial charge in [-0.25, -0.2) is 4.39 Å². The first kappa shape index (κ1) is 15.2. The van der Waals surface area contributed by atoms with Gasteiger partial charge in [0.15, 0.2) is 0 Å². The van der Waals surface area contributed by atoms with E-state index in [4.69, 9.17) is 11.6 Å².